The smallest absolute Gasteiger partial charge is 0.251 e. The minimum absolute atomic E-state index is 0. The molecule has 0 saturated carbocycles. The van der Waals surface area contributed by atoms with Gasteiger partial charge in [0.1, 0.15) is 0 Å². The molecule has 1 aliphatic rings. The van der Waals surface area contributed by atoms with E-state index in [2.05, 4.69) is 15.6 Å². The maximum atomic E-state index is 12.3. The van der Waals surface area contributed by atoms with Crippen LogP contribution in [0.5, 0.6) is 11.5 Å². The molecule has 0 aliphatic carbocycles. The summed E-state index contributed by atoms with van der Waals surface area (Å²) >= 11 is 0. The summed E-state index contributed by atoms with van der Waals surface area (Å²) < 4.78 is 11.3. The van der Waals surface area contributed by atoms with Crippen LogP contribution in [-0.2, 0) is 6.54 Å². The molecule has 162 valence electrons. The summed E-state index contributed by atoms with van der Waals surface area (Å²) in [6.07, 6.45) is 1.74. The molecule has 0 saturated heterocycles. The normalized spacial score (nSPS) is 14.1. The lowest BCUT2D eigenvalue weighted by Crippen LogP contribution is -2.31. The molecule has 1 unspecified atom stereocenters. The zero-order valence-electron chi connectivity index (χ0n) is 17.3. The summed E-state index contributed by atoms with van der Waals surface area (Å²) in [5.74, 6) is 1.63. The van der Waals surface area contributed by atoms with Crippen LogP contribution in [0.1, 0.15) is 42.6 Å². The number of carbonyl (C=O) groups excluding carboxylic acids is 1. The number of hydrogen-bond acceptors (Lipinski definition) is 4. The second kappa shape index (κ2) is 11.6. The van der Waals surface area contributed by atoms with Gasteiger partial charge in [-0.2, -0.15) is 0 Å². The van der Waals surface area contributed by atoms with Crippen molar-refractivity contribution in [2.24, 2.45) is 10.7 Å². The molecule has 0 spiro atoms. The number of carbonyl (C=O) groups is 1. The quantitative estimate of drug-likeness (QED) is 0.303. The van der Waals surface area contributed by atoms with Gasteiger partial charge in [-0.3, -0.25) is 4.79 Å². The predicted molar refractivity (Wildman–Crippen MR) is 130 cm³/mol. The first-order chi connectivity index (χ1) is 14.0. The number of rotatable bonds is 6. The molecule has 1 amide bonds. The van der Waals surface area contributed by atoms with Crippen molar-refractivity contribution in [3.63, 3.8) is 0 Å². The molecule has 0 radical (unpaired) electrons. The number of nitrogens with one attached hydrogen (secondary N) is 2. The van der Waals surface area contributed by atoms with Gasteiger partial charge < -0.3 is 25.8 Å². The van der Waals surface area contributed by atoms with Crippen LogP contribution in [0.15, 0.2) is 47.5 Å². The van der Waals surface area contributed by atoms with E-state index >= 15 is 0 Å². The van der Waals surface area contributed by atoms with Gasteiger partial charge in [0, 0.05) is 29.8 Å². The van der Waals surface area contributed by atoms with E-state index in [9.17, 15) is 4.79 Å². The fourth-order valence-corrected chi connectivity index (χ4v) is 2.83. The molecule has 0 bridgehead atoms. The zero-order valence-corrected chi connectivity index (χ0v) is 19.6. The largest absolute Gasteiger partial charge is 0.490 e. The van der Waals surface area contributed by atoms with Crippen LogP contribution in [0, 0.1) is 0 Å². The molecule has 2 aromatic rings. The van der Waals surface area contributed by atoms with E-state index in [0.29, 0.717) is 31.1 Å². The van der Waals surface area contributed by atoms with E-state index in [1.54, 1.807) is 6.07 Å². The molecular weight excluding hydrogens is 495 g/mol. The predicted octanol–water partition coefficient (Wildman–Crippen LogP) is 3.92. The molecule has 2 aromatic carbocycles. The highest BCUT2D eigenvalue weighted by molar-refractivity contribution is 14.0. The number of benzene rings is 2. The number of halogens is 1. The van der Waals surface area contributed by atoms with Gasteiger partial charge in [0.05, 0.1) is 19.8 Å². The first kappa shape index (κ1) is 23.8. The van der Waals surface area contributed by atoms with Gasteiger partial charge in [-0.1, -0.05) is 19.1 Å². The Balaban J connectivity index is 0.00000320. The second-order valence-electron chi connectivity index (χ2n) is 7.02. The lowest BCUT2D eigenvalue weighted by molar-refractivity contribution is 0.0939. The average molecular weight is 524 g/mol. The minimum Gasteiger partial charge on any atom is -0.490 e. The van der Waals surface area contributed by atoms with Crippen molar-refractivity contribution in [1.29, 1.82) is 0 Å². The number of hydrogen-bond donors (Lipinski definition) is 3. The van der Waals surface area contributed by atoms with Gasteiger partial charge in [0.2, 0.25) is 0 Å². The topological polar surface area (TPSA) is 98.0 Å². The highest BCUT2D eigenvalue weighted by Gasteiger charge is 2.11. The Morgan fingerprint density at radius 2 is 1.93 bits per heavy atom. The molecule has 7 nitrogen and oxygen atoms in total. The minimum atomic E-state index is -0.0801. The molecule has 3 rings (SSSR count). The molecular formula is C22H29IN4O3. The Morgan fingerprint density at radius 1 is 1.17 bits per heavy atom. The number of ether oxygens (including phenoxy) is 2. The van der Waals surface area contributed by atoms with Crippen LogP contribution >= 0.6 is 24.0 Å². The standard InChI is InChI=1S/C22H28N4O3.HI/c1-3-15(2)25-21(27)17-7-4-6-16(12-17)14-24-22(23)26-18-8-9-19-20(13-18)29-11-5-10-28-19;/h4,6-9,12-13,15H,3,5,10-11,14H2,1-2H3,(H,25,27)(H3,23,24,26);1H. The number of nitrogens with zero attached hydrogens (tertiary/aromatic N) is 1. The van der Waals surface area contributed by atoms with Crippen LogP contribution in [-0.4, -0.2) is 31.1 Å². The van der Waals surface area contributed by atoms with Gasteiger partial charge in [-0.05, 0) is 43.2 Å². The lowest BCUT2D eigenvalue weighted by atomic mass is 10.1. The van der Waals surface area contributed by atoms with Crippen molar-refractivity contribution < 1.29 is 14.3 Å². The Hall–Kier alpha value is -2.49. The highest BCUT2D eigenvalue weighted by Crippen LogP contribution is 2.32. The molecule has 8 heteroatoms. The van der Waals surface area contributed by atoms with E-state index in [1.165, 1.54) is 0 Å². The van der Waals surface area contributed by atoms with Gasteiger partial charge >= 0.3 is 0 Å². The van der Waals surface area contributed by atoms with Crippen molar-refractivity contribution in [2.45, 2.75) is 39.3 Å². The molecule has 30 heavy (non-hydrogen) atoms. The number of nitrogens with two attached hydrogens (primary N) is 1. The third-order valence-corrected chi connectivity index (χ3v) is 4.63. The number of fused-ring (bicyclic) bond motifs is 1. The monoisotopic (exact) mass is 524 g/mol. The molecule has 1 aliphatic heterocycles. The Labute approximate surface area is 194 Å². The van der Waals surface area contributed by atoms with Crippen LogP contribution in [0.4, 0.5) is 5.69 Å². The molecule has 4 N–H and O–H groups in total. The molecule has 1 atom stereocenters. The van der Waals surface area contributed by atoms with Crippen molar-refractivity contribution in [2.75, 3.05) is 18.5 Å². The maximum Gasteiger partial charge on any atom is 0.251 e. The van der Waals surface area contributed by atoms with Crippen LogP contribution in [0.25, 0.3) is 0 Å². The van der Waals surface area contributed by atoms with E-state index in [-0.39, 0.29) is 41.9 Å². The number of aliphatic imine (C=N–C) groups is 1. The Morgan fingerprint density at radius 3 is 2.70 bits per heavy atom. The average Bonchev–Trinajstić information content (AvgIpc) is 2.97. The van der Waals surface area contributed by atoms with Crippen molar-refractivity contribution in [3.05, 3.63) is 53.6 Å². The van der Waals surface area contributed by atoms with Crippen molar-refractivity contribution >= 4 is 41.5 Å². The summed E-state index contributed by atoms with van der Waals surface area (Å²) in [5.41, 5.74) is 8.33. The number of amides is 1. The van der Waals surface area contributed by atoms with Crippen LogP contribution in [0.2, 0.25) is 0 Å². The highest BCUT2D eigenvalue weighted by atomic mass is 127. The van der Waals surface area contributed by atoms with Crippen molar-refractivity contribution in [3.8, 4) is 11.5 Å². The fraction of sp³-hybridized carbons (Fsp3) is 0.364. The van der Waals surface area contributed by atoms with Crippen LogP contribution < -0.4 is 25.8 Å². The number of guanidine groups is 1. The summed E-state index contributed by atoms with van der Waals surface area (Å²) in [5, 5.41) is 6.03. The van der Waals surface area contributed by atoms with Gasteiger partial charge in [-0.25, -0.2) is 4.99 Å². The first-order valence-electron chi connectivity index (χ1n) is 9.91. The number of anilines is 1. The summed E-state index contributed by atoms with van der Waals surface area (Å²) in [4.78, 5) is 16.7. The Bertz CT molecular complexity index is 888. The van der Waals surface area contributed by atoms with Gasteiger partial charge in [0.25, 0.3) is 5.91 Å². The second-order valence-corrected chi connectivity index (χ2v) is 7.02. The SMILES string of the molecule is CCC(C)NC(=O)c1cccc(CN=C(N)Nc2ccc3c(c2)OCCCO3)c1.I. The maximum absolute atomic E-state index is 12.3. The lowest BCUT2D eigenvalue weighted by Gasteiger charge is -2.12. The summed E-state index contributed by atoms with van der Waals surface area (Å²) in [6, 6.07) is 13.1. The molecule has 1 heterocycles. The van der Waals surface area contributed by atoms with Gasteiger partial charge in [-0.15, -0.1) is 24.0 Å². The Kier molecular flexibility index (Phi) is 9.22. The molecule has 0 aromatic heterocycles. The van der Waals surface area contributed by atoms with E-state index < -0.39 is 0 Å². The third kappa shape index (κ3) is 6.79. The fourth-order valence-electron chi connectivity index (χ4n) is 2.83. The summed E-state index contributed by atoms with van der Waals surface area (Å²) in [7, 11) is 0. The van der Waals surface area contributed by atoms with Crippen molar-refractivity contribution in [1.82, 2.24) is 5.32 Å². The summed E-state index contributed by atoms with van der Waals surface area (Å²) in [6.45, 7) is 5.67. The molecule has 0 fully saturated rings. The van der Waals surface area contributed by atoms with E-state index in [0.717, 1.165) is 29.8 Å². The third-order valence-electron chi connectivity index (χ3n) is 4.63. The van der Waals surface area contributed by atoms with Crippen LogP contribution in [0.3, 0.4) is 0 Å². The van der Waals surface area contributed by atoms with E-state index in [1.807, 2.05) is 50.2 Å². The van der Waals surface area contributed by atoms with Gasteiger partial charge in [0.15, 0.2) is 17.5 Å². The van der Waals surface area contributed by atoms with E-state index in [4.69, 9.17) is 15.2 Å². The zero-order chi connectivity index (χ0) is 20.6. The first-order valence-corrected chi connectivity index (χ1v) is 9.91.